The number of piperidine rings is 1. The first kappa shape index (κ1) is 15.4. The molecule has 1 atom stereocenters. The molecule has 8 heteroatoms. The lowest BCUT2D eigenvalue weighted by Gasteiger charge is -2.32. The zero-order chi connectivity index (χ0) is 15.2. The van der Waals surface area contributed by atoms with Crippen LogP contribution in [0.25, 0.3) is 0 Å². The molecule has 0 spiro atoms. The minimum atomic E-state index is -0.753. The summed E-state index contributed by atoms with van der Waals surface area (Å²) in [5, 5.41) is 6.10. The number of hydrogen-bond donors (Lipinski definition) is 2. The highest BCUT2D eigenvalue weighted by molar-refractivity contribution is 5.88. The number of rotatable bonds is 6. The quantitative estimate of drug-likeness (QED) is 0.766. The molecular weight excluding hydrogens is 274 g/mol. The van der Waals surface area contributed by atoms with E-state index in [1.54, 1.807) is 0 Å². The predicted molar refractivity (Wildman–Crippen MR) is 74.2 cm³/mol. The van der Waals surface area contributed by atoms with Crippen LogP contribution in [-0.2, 0) is 11.3 Å². The lowest BCUT2D eigenvalue weighted by Crippen LogP contribution is -2.37. The molecule has 1 aliphatic heterocycles. The summed E-state index contributed by atoms with van der Waals surface area (Å²) in [6.07, 6.45) is 4.92. The Morgan fingerprint density at radius 1 is 1.48 bits per heavy atom. The van der Waals surface area contributed by atoms with Crippen LogP contribution in [0.4, 0.5) is 0 Å². The van der Waals surface area contributed by atoms with Crippen molar-refractivity contribution in [3.8, 4) is 0 Å². The molecule has 1 saturated heterocycles. The van der Waals surface area contributed by atoms with Crippen molar-refractivity contribution in [3.63, 3.8) is 0 Å². The standard InChI is InChI=1S/C13H21N5O3/c1-18-7-3-2-4-9(18)5-6-10(19)15-8-11-16-13(12(14)20)17-21-11/h9H,2-8H2,1H3,(H2,14,20)(H,15,19)/t9-/m1/s1. The molecule has 2 rings (SSSR count). The van der Waals surface area contributed by atoms with Gasteiger partial charge in [0.05, 0.1) is 6.54 Å². The number of carbonyl (C=O) groups excluding carboxylic acids is 2. The van der Waals surface area contributed by atoms with Gasteiger partial charge < -0.3 is 20.5 Å². The second kappa shape index (κ2) is 7.16. The molecular formula is C13H21N5O3. The number of hydrogen-bond acceptors (Lipinski definition) is 6. The molecule has 0 unspecified atom stereocenters. The van der Waals surface area contributed by atoms with Crippen molar-refractivity contribution in [1.82, 2.24) is 20.4 Å². The molecule has 0 radical (unpaired) electrons. The molecule has 1 aromatic rings. The second-order valence-corrected chi connectivity index (χ2v) is 5.32. The number of nitrogens with zero attached hydrogens (tertiary/aromatic N) is 3. The van der Waals surface area contributed by atoms with Gasteiger partial charge in [0.2, 0.25) is 11.8 Å². The number of nitrogens with two attached hydrogens (primary N) is 1. The van der Waals surface area contributed by atoms with Crippen LogP contribution >= 0.6 is 0 Å². The zero-order valence-electron chi connectivity index (χ0n) is 12.2. The van der Waals surface area contributed by atoms with Crippen molar-refractivity contribution in [2.75, 3.05) is 13.6 Å². The van der Waals surface area contributed by atoms with Gasteiger partial charge in [-0.25, -0.2) is 0 Å². The summed E-state index contributed by atoms with van der Waals surface area (Å²) in [7, 11) is 2.10. The summed E-state index contributed by atoms with van der Waals surface area (Å²) in [6.45, 7) is 1.21. The Bertz CT molecular complexity index is 502. The third-order valence-corrected chi connectivity index (χ3v) is 3.75. The van der Waals surface area contributed by atoms with Crippen LogP contribution in [0.3, 0.4) is 0 Å². The van der Waals surface area contributed by atoms with Gasteiger partial charge in [0.1, 0.15) is 0 Å². The Balaban J connectivity index is 1.70. The highest BCUT2D eigenvalue weighted by Gasteiger charge is 2.19. The van der Waals surface area contributed by atoms with Crippen molar-refractivity contribution in [2.45, 2.75) is 44.7 Å². The van der Waals surface area contributed by atoms with Crippen molar-refractivity contribution < 1.29 is 14.1 Å². The summed E-state index contributed by atoms with van der Waals surface area (Å²) in [4.78, 5) is 28.7. The first-order valence-electron chi connectivity index (χ1n) is 7.15. The predicted octanol–water partition coefficient (Wildman–Crippen LogP) is 0.0492. The number of aromatic nitrogens is 2. The van der Waals surface area contributed by atoms with E-state index in [0.717, 1.165) is 19.4 Å². The van der Waals surface area contributed by atoms with Gasteiger partial charge in [0.25, 0.3) is 11.7 Å². The van der Waals surface area contributed by atoms with E-state index in [-0.39, 0.29) is 24.2 Å². The van der Waals surface area contributed by atoms with Crippen LogP contribution in [-0.4, -0.2) is 46.5 Å². The molecule has 0 saturated carbocycles. The molecule has 2 heterocycles. The average Bonchev–Trinajstić information content (AvgIpc) is 2.93. The van der Waals surface area contributed by atoms with Gasteiger partial charge in [0.15, 0.2) is 0 Å². The van der Waals surface area contributed by atoms with E-state index in [9.17, 15) is 9.59 Å². The van der Waals surface area contributed by atoms with Gasteiger partial charge in [-0.1, -0.05) is 11.6 Å². The highest BCUT2D eigenvalue weighted by Crippen LogP contribution is 2.18. The summed E-state index contributed by atoms with van der Waals surface area (Å²) in [6, 6.07) is 0.481. The third-order valence-electron chi connectivity index (χ3n) is 3.75. The first-order valence-corrected chi connectivity index (χ1v) is 7.15. The zero-order valence-corrected chi connectivity index (χ0v) is 12.2. The van der Waals surface area contributed by atoms with Gasteiger partial charge >= 0.3 is 0 Å². The van der Waals surface area contributed by atoms with E-state index < -0.39 is 5.91 Å². The Morgan fingerprint density at radius 2 is 2.29 bits per heavy atom. The van der Waals surface area contributed by atoms with Gasteiger partial charge in [-0.15, -0.1) is 0 Å². The number of nitrogens with one attached hydrogen (secondary N) is 1. The van der Waals surface area contributed by atoms with Crippen molar-refractivity contribution in [2.24, 2.45) is 5.73 Å². The fourth-order valence-corrected chi connectivity index (χ4v) is 2.50. The van der Waals surface area contributed by atoms with Crippen LogP contribution in [0.15, 0.2) is 4.52 Å². The van der Waals surface area contributed by atoms with Gasteiger partial charge in [0, 0.05) is 12.5 Å². The summed E-state index contributed by atoms with van der Waals surface area (Å²) >= 11 is 0. The fourth-order valence-electron chi connectivity index (χ4n) is 2.50. The molecule has 0 aliphatic carbocycles. The van der Waals surface area contributed by atoms with Crippen molar-refractivity contribution in [3.05, 3.63) is 11.7 Å². The minimum Gasteiger partial charge on any atom is -0.363 e. The number of amides is 2. The second-order valence-electron chi connectivity index (χ2n) is 5.32. The molecule has 21 heavy (non-hydrogen) atoms. The van der Waals surface area contributed by atoms with Gasteiger partial charge in [-0.3, -0.25) is 9.59 Å². The number of primary amides is 1. The normalized spacial score (nSPS) is 19.4. The van der Waals surface area contributed by atoms with Crippen LogP contribution < -0.4 is 11.1 Å². The minimum absolute atomic E-state index is 0.0622. The maximum atomic E-state index is 11.8. The van der Waals surface area contributed by atoms with Gasteiger partial charge in [-0.05, 0) is 32.9 Å². The smallest absolute Gasteiger partial charge is 0.290 e. The molecule has 8 nitrogen and oxygen atoms in total. The fraction of sp³-hybridized carbons (Fsp3) is 0.692. The monoisotopic (exact) mass is 295 g/mol. The molecule has 1 fully saturated rings. The lowest BCUT2D eigenvalue weighted by atomic mass is 9.98. The molecule has 3 N–H and O–H groups in total. The Morgan fingerprint density at radius 3 is 2.95 bits per heavy atom. The summed E-state index contributed by atoms with van der Waals surface area (Å²) in [5.74, 6) is -0.820. The first-order chi connectivity index (χ1) is 10.1. The molecule has 0 aromatic carbocycles. The molecule has 1 aliphatic rings. The summed E-state index contributed by atoms with van der Waals surface area (Å²) in [5.41, 5.74) is 5.01. The van der Waals surface area contributed by atoms with E-state index >= 15 is 0 Å². The molecule has 2 amide bonds. The highest BCUT2D eigenvalue weighted by atomic mass is 16.5. The van der Waals surface area contributed by atoms with E-state index in [4.69, 9.17) is 10.3 Å². The van der Waals surface area contributed by atoms with E-state index in [2.05, 4.69) is 27.4 Å². The topological polar surface area (TPSA) is 114 Å². The molecule has 0 bridgehead atoms. The van der Waals surface area contributed by atoms with Crippen LogP contribution in [0.1, 0.15) is 48.6 Å². The number of likely N-dealkylation sites (tertiary alicyclic amines) is 1. The Hall–Kier alpha value is -1.96. The maximum absolute atomic E-state index is 11.8. The molecule has 116 valence electrons. The van der Waals surface area contributed by atoms with Crippen LogP contribution in [0.5, 0.6) is 0 Å². The van der Waals surface area contributed by atoms with Gasteiger partial charge in [-0.2, -0.15) is 4.98 Å². The largest absolute Gasteiger partial charge is 0.363 e. The summed E-state index contributed by atoms with van der Waals surface area (Å²) < 4.78 is 4.80. The van der Waals surface area contributed by atoms with Crippen LogP contribution in [0.2, 0.25) is 0 Å². The number of carbonyl (C=O) groups is 2. The van der Waals surface area contributed by atoms with E-state index in [0.29, 0.717) is 12.5 Å². The Kier molecular flexibility index (Phi) is 5.26. The van der Waals surface area contributed by atoms with Crippen LogP contribution in [0, 0.1) is 0 Å². The van der Waals surface area contributed by atoms with E-state index in [1.807, 2.05) is 0 Å². The maximum Gasteiger partial charge on any atom is 0.290 e. The Labute approximate surface area is 123 Å². The van der Waals surface area contributed by atoms with Crippen molar-refractivity contribution in [1.29, 1.82) is 0 Å². The average molecular weight is 295 g/mol. The van der Waals surface area contributed by atoms with Crippen molar-refractivity contribution >= 4 is 11.8 Å². The van der Waals surface area contributed by atoms with E-state index in [1.165, 1.54) is 12.8 Å². The SMILES string of the molecule is CN1CCCC[C@@H]1CCC(=O)NCc1nc(C(N)=O)no1. The molecule has 1 aromatic heterocycles. The third kappa shape index (κ3) is 4.52. The lowest BCUT2D eigenvalue weighted by molar-refractivity contribution is -0.121.